The molecule has 25 heavy (non-hydrogen) atoms. The summed E-state index contributed by atoms with van der Waals surface area (Å²) in [4.78, 5) is 11.9. The molecule has 1 aromatic heterocycles. The van der Waals surface area contributed by atoms with E-state index in [0.717, 1.165) is 50.0 Å². The highest BCUT2D eigenvalue weighted by molar-refractivity contribution is 14.0. The molecule has 3 rings (SSSR count). The van der Waals surface area contributed by atoms with E-state index in [9.17, 15) is 0 Å². The fraction of sp³-hybridized carbons (Fsp3) is 0.579. The average molecular weight is 455 g/mol. The van der Waals surface area contributed by atoms with E-state index in [2.05, 4.69) is 65.7 Å². The summed E-state index contributed by atoms with van der Waals surface area (Å²) in [6, 6.07) is 8.31. The van der Waals surface area contributed by atoms with Gasteiger partial charge in [0.1, 0.15) is 5.82 Å². The predicted octanol–water partition coefficient (Wildman–Crippen LogP) is 3.66. The summed E-state index contributed by atoms with van der Waals surface area (Å²) in [7, 11) is 0. The number of aliphatic imine (C=N–C) groups is 1. The van der Waals surface area contributed by atoms with Crippen LogP contribution in [-0.4, -0.2) is 46.6 Å². The topological polar surface area (TPSA) is 45.5 Å². The van der Waals surface area contributed by atoms with Gasteiger partial charge in [0.15, 0.2) is 5.96 Å². The first-order chi connectivity index (χ1) is 11.5. The molecule has 0 spiro atoms. The van der Waals surface area contributed by atoms with Crippen molar-refractivity contribution in [1.82, 2.24) is 19.8 Å². The van der Waals surface area contributed by atoms with E-state index in [4.69, 9.17) is 4.99 Å². The molecule has 1 aliphatic heterocycles. The van der Waals surface area contributed by atoms with E-state index in [-0.39, 0.29) is 24.0 Å². The van der Waals surface area contributed by atoms with Gasteiger partial charge in [-0.25, -0.2) is 4.98 Å². The zero-order valence-corrected chi connectivity index (χ0v) is 18.1. The summed E-state index contributed by atoms with van der Waals surface area (Å²) < 4.78 is 2.26. The lowest BCUT2D eigenvalue weighted by Gasteiger charge is -2.23. The molecule has 0 bridgehead atoms. The third-order valence-electron chi connectivity index (χ3n) is 4.74. The SMILES string of the molecule is CCNC(=NCCn1c(C)nc2ccccc21)N1CCC(C)(C)C1.I. The molecule has 1 fully saturated rings. The third-order valence-corrected chi connectivity index (χ3v) is 4.74. The number of aromatic nitrogens is 2. The lowest BCUT2D eigenvalue weighted by atomic mass is 9.93. The van der Waals surface area contributed by atoms with Gasteiger partial charge in [0.05, 0.1) is 17.6 Å². The van der Waals surface area contributed by atoms with Crippen molar-refractivity contribution >= 4 is 41.0 Å². The van der Waals surface area contributed by atoms with E-state index in [1.807, 2.05) is 6.07 Å². The standard InChI is InChI=1S/C19H29N5.HI/c1-5-20-18(23-12-10-19(3,4)14-23)21-11-13-24-15(2)22-16-8-6-7-9-17(16)24;/h6-9H,5,10-14H2,1-4H3,(H,20,21);1H. The summed E-state index contributed by atoms with van der Waals surface area (Å²) in [6.07, 6.45) is 1.22. The molecule has 0 saturated carbocycles. The Bertz CT molecular complexity index is 734. The second-order valence-corrected chi connectivity index (χ2v) is 7.37. The molecule has 5 nitrogen and oxygen atoms in total. The van der Waals surface area contributed by atoms with Gasteiger partial charge in [-0.1, -0.05) is 26.0 Å². The first kappa shape index (κ1) is 20.0. The first-order valence-corrected chi connectivity index (χ1v) is 8.95. The summed E-state index contributed by atoms with van der Waals surface area (Å²) >= 11 is 0. The number of imidazole rings is 1. The highest BCUT2D eigenvalue weighted by Gasteiger charge is 2.30. The van der Waals surface area contributed by atoms with Gasteiger partial charge < -0.3 is 14.8 Å². The molecule has 1 aromatic carbocycles. The summed E-state index contributed by atoms with van der Waals surface area (Å²) in [5, 5.41) is 3.45. The average Bonchev–Trinajstić information content (AvgIpc) is 3.06. The van der Waals surface area contributed by atoms with Gasteiger partial charge in [0, 0.05) is 26.2 Å². The number of rotatable bonds is 4. The van der Waals surface area contributed by atoms with E-state index < -0.39 is 0 Å². The molecule has 138 valence electrons. The second-order valence-electron chi connectivity index (χ2n) is 7.37. The Labute approximate surface area is 167 Å². The van der Waals surface area contributed by atoms with Crippen LogP contribution in [0.1, 0.15) is 33.0 Å². The fourth-order valence-corrected chi connectivity index (χ4v) is 3.45. The lowest BCUT2D eigenvalue weighted by molar-refractivity contribution is 0.370. The lowest BCUT2D eigenvalue weighted by Crippen LogP contribution is -2.41. The molecular formula is C19H30IN5. The van der Waals surface area contributed by atoms with E-state index in [0.29, 0.717) is 5.41 Å². The van der Waals surface area contributed by atoms with Crippen LogP contribution in [0.3, 0.4) is 0 Å². The number of hydrogen-bond donors (Lipinski definition) is 1. The molecule has 2 heterocycles. The summed E-state index contributed by atoms with van der Waals surface area (Å²) in [5.74, 6) is 2.10. The Morgan fingerprint density at radius 2 is 2.08 bits per heavy atom. The van der Waals surface area contributed by atoms with Gasteiger partial charge in [-0.05, 0) is 37.8 Å². The predicted molar refractivity (Wildman–Crippen MR) is 116 cm³/mol. The Kier molecular flexibility index (Phi) is 6.71. The van der Waals surface area contributed by atoms with Crippen molar-refractivity contribution in [1.29, 1.82) is 0 Å². The van der Waals surface area contributed by atoms with Crippen molar-refractivity contribution in [3.63, 3.8) is 0 Å². The van der Waals surface area contributed by atoms with E-state index in [1.54, 1.807) is 0 Å². The van der Waals surface area contributed by atoms with Gasteiger partial charge in [-0.3, -0.25) is 4.99 Å². The van der Waals surface area contributed by atoms with Crippen molar-refractivity contribution < 1.29 is 0 Å². The minimum Gasteiger partial charge on any atom is -0.357 e. The summed E-state index contributed by atoms with van der Waals surface area (Å²) in [6.45, 7) is 13.6. The highest BCUT2D eigenvalue weighted by atomic mass is 127. The Morgan fingerprint density at radius 1 is 1.32 bits per heavy atom. The van der Waals surface area contributed by atoms with Crippen molar-refractivity contribution in [3.8, 4) is 0 Å². The van der Waals surface area contributed by atoms with Gasteiger partial charge in [-0.15, -0.1) is 24.0 Å². The van der Waals surface area contributed by atoms with Crippen molar-refractivity contribution in [2.75, 3.05) is 26.2 Å². The van der Waals surface area contributed by atoms with Crippen LogP contribution < -0.4 is 5.32 Å². The smallest absolute Gasteiger partial charge is 0.193 e. The maximum Gasteiger partial charge on any atom is 0.193 e. The van der Waals surface area contributed by atoms with Gasteiger partial charge in [0.2, 0.25) is 0 Å². The molecule has 1 N–H and O–H groups in total. The van der Waals surface area contributed by atoms with Crippen LogP contribution in [0.15, 0.2) is 29.3 Å². The number of para-hydroxylation sites is 2. The van der Waals surface area contributed by atoms with Gasteiger partial charge in [0.25, 0.3) is 0 Å². The number of nitrogens with one attached hydrogen (secondary N) is 1. The van der Waals surface area contributed by atoms with Gasteiger partial charge >= 0.3 is 0 Å². The number of halogens is 1. The minimum atomic E-state index is 0. The van der Waals surface area contributed by atoms with Crippen LogP contribution in [0.25, 0.3) is 11.0 Å². The third kappa shape index (κ3) is 4.65. The zero-order chi connectivity index (χ0) is 17.2. The van der Waals surface area contributed by atoms with Crippen LogP contribution in [0.2, 0.25) is 0 Å². The molecule has 0 unspecified atom stereocenters. The van der Waals surface area contributed by atoms with Crippen LogP contribution in [0.4, 0.5) is 0 Å². The van der Waals surface area contributed by atoms with Crippen LogP contribution in [0.5, 0.6) is 0 Å². The maximum atomic E-state index is 4.87. The Morgan fingerprint density at radius 3 is 2.76 bits per heavy atom. The largest absolute Gasteiger partial charge is 0.357 e. The number of benzene rings is 1. The van der Waals surface area contributed by atoms with Crippen LogP contribution in [0, 0.1) is 12.3 Å². The van der Waals surface area contributed by atoms with Gasteiger partial charge in [-0.2, -0.15) is 0 Å². The zero-order valence-electron chi connectivity index (χ0n) is 15.7. The second kappa shape index (κ2) is 8.38. The quantitative estimate of drug-likeness (QED) is 0.435. The first-order valence-electron chi connectivity index (χ1n) is 8.95. The monoisotopic (exact) mass is 455 g/mol. The molecule has 0 atom stereocenters. The Balaban J connectivity index is 0.00000225. The van der Waals surface area contributed by atoms with E-state index >= 15 is 0 Å². The number of guanidine groups is 1. The molecule has 1 saturated heterocycles. The number of aryl methyl sites for hydroxylation is 1. The normalized spacial score (nSPS) is 17.0. The summed E-state index contributed by atoms with van der Waals surface area (Å²) in [5.41, 5.74) is 2.64. The molecule has 1 aliphatic rings. The number of hydrogen-bond acceptors (Lipinski definition) is 2. The molecule has 0 aliphatic carbocycles. The highest BCUT2D eigenvalue weighted by Crippen LogP contribution is 2.28. The molecule has 0 radical (unpaired) electrons. The molecule has 2 aromatic rings. The van der Waals surface area contributed by atoms with Crippen molar-refractivity contribution in [2.45, 2.75) is 40.7 Å². The molecule has 6 heteroatoms. The van der Waals surface area contributed by atoms with Crippen molar-refractivity contribution in [2.24, 2.45) is 10.4 Å². The number of nitrogens with zero attached hydrogens (tertiary/aromatic N) is 4. The molecular weight excluding hydrogens is 425 g/mol. The van der Waals surface area contributed by atoms with Crippen molar-refractivity contribution in [3.05, 3.63) is 30.1 Å². The van der Waals surface area contributed by atoms with Crippen LogP contribution >= 0.6 is 24.0 Å². The van der Waals surface area contributed by atoms with Crippen LogP contribution in [-0.2, 0) is 6.54 Å². The van der Waals surface area contributed by atoms with E-state index in [1.165, 1.54) is 11.9 Å². The number of fused-ring (bicyclic) bond motifs is 1. The Hall–Kier alpha value is -1.31. The minimum absolute atomic E-state index is 0. The fourth-order valence-electron chi connectivity index (χ4n) is 3.45. The molecule has 0 amide bonds. The number of likely N-dealkylation sites (tertiary alicyclic amines) is 1. The maximum absolute atomic E-state index is 4.87.